The molecule has 0 atom stereocenters. The second kappa shape index (κ2) is 8.72. The van der Waals surface area contributed by atoms with E-state index in [0.29, 0.717) is 11.8 Å². The zero-order valence-corrected chi connectivity index (χ0v) is 28.4. The molecule has 2 nitrogen and oxygen atoms in total. The molecular formula is C49H34N2. The van der Waals surface area contributed by atoms with Crippen LogP contribution in [0.4, 0.5) is 0 Å². The van der Waals surface area contributed by atoms with Crippen LogP contribution >= 0.6 is 0 Å². The Hall–Kier alpha value is -5.39. The highest BCUT2D eigenvalue weighted by Crippen LogP contribution is 2.60. The molecule has 6 aromatic carbocycles. The molecule has 0 unspecified atom stereocenters. The van der Waals surface area contributed by atoms with Crippen LogP contribution in [0.25, 0.3) is 49.2 Å². The van der Waals surface area contributed by atoms with E-state index in [4.69, 9.17) is 0 Å². The lowest BCUT2D eigenvalue weighted by atomic mass is 9.61. The van der Waals surface area contributed by atoms with E-state index in [-0.39, 0.29) is 11.8 Å². The minimum absolute atomic E-state index is 0.239. The molecule has 8 aromatic rings. The van der Waals surface area contributed by atoms with Crippen molar-refractivity contribution in [3.05, 3.63) is 157 Å². The predicted octanol–water partition coefficient (Wildman–Crippen LogP) is 11.3. The highest BCUT2D eigenvalue weighted by molar-refractivity contribution is 6.28. The number of aryl methyl sites for hydroxylation is 4. The lowest BCUT2D eigenvalue weighted by Crippen LogP contribution is -2.27. The molecule has 0 saturated heterocycles. The minimum atomic E-state index is 0.239. The average molecular weight is 651 g/mol. The third-order valence-corrected chi connectivity index (χ3v) is 14.8. The van der Waals surface area contributed by atoms with Crippen molar-refractivity contribution in [2.45, 2.75) is 75.0 Å². The lowest BCUT2D eigenvalue weighted by Gasteiger charge is -2.42. The van der Waals surface area contributed by atoms with E-state index in [1.807, 2.05) is 0 Å². The van der Waals surface area contributed by atoms with Gasteiger partial charge in [-0.3, -0.25) is 0 Å². The van der Waals surface area contributed by atoms with Gasteiger partial charge < -0.3 is 4.40 Å². The van der Waals surface area contributed by atoms with Gasteiger partial charge in [-0.15, -0.1) is 0 Å². The predicted molar refractivity (Wildman–Crippen MR) is 205 cm³/mol. The molecule has 8 aliphatic rings. The van der Waals surface area contributed by atoms with Crippen LogP contribution in [0.5, 0.6) is 0 Å². The van der Waals surface area contributed by atoms with Gasteiger partial charge in [0.2, 0.25) is 0 Å². The number of hydrogen-bond acceptors (Lipinski definition) is 1. The number of nitrogens with zero attached hydrogens (tertiary/aromatic N) is 2. The third kappa shape index (κ3) is 2.85. The first kappa shape index (κ1) is 26.4. The van der Waals surface area contributed by atoms with Gasteiger partial charge in [-0.25, -0.2) is 0 Å². The van der Waals surface area contributed by atoms with Crippen LogP contribution in [0.2, 0.25) is 0 Å². The molecule has 0 radical (unpaired) electrons. The van der Waals surface area contributed by atoms with Crippen molar-refractivity contribution < 1.29 is 0 Å². The van der Waals surface area contributed by atoms with E-state index < -0.39 is 0 Å². The molecule has 0 amide bonds. The molecule has 51 heavy (non-hydrogen) atoms. The minimum Gasteiger partial charge on any atom is -0.308 e. The van der Waals surface area contributed by atoms with Gasteiger partial charge in [0, 0.05) is 33.4 Å². The third-order valence-electron chi connectivity index (χ3n) is 14.8. The van der Waals surface area contributed by atoms with Gasteiger partial charge in [0.25, 0.3) is 0 Å². The van der Waals surface area contributed by atoms with Crippen LogP contribution in [0.1, 0.15) is 122 Å². The maximum absolute atomic E-state index is 10.8. The van der Waals surface area contributed by atoms with Crippen LogP contribution in [0, 0.1) is 11.3 Å². The summed E-state index contributed by atoms with van der Waals surface area (Å²) in [6.45, 7) is 0. The topological polar surface area (TPSA) is 28.2 Å². The quantitative estimate of drug-likeness (QED) is 0.161. The molecule has 16 rings (SSSR count). The normalized spacial score (nSPS) is 22.6. The van der Waals surface area contributed by atoms with Crippen LogP contribution in [0.15, 0.2) is 84.9 Å². The van der Waals surface area contributed by atoms with Crippen LogP contribution in [-0.2, 0) is 25.7 Å². The molecule has 8 aliphatic carbocycles. The number of hydrogen-bond donors (Lipinski definition) is 0. The van der Waals surface area contributed by atoms with Gasteiger partial charge in [0.05, 0.1) is 28.2 Å². The first-order chi connectivity index (χ1) is 25.3. The molecular weight excluding hydrogens is 617 g/mol. The van der Waals surface area contributed by atoms with E-state index >= 15 is 0 Å². The Kier molecular flexibility index (Phi) is 4.52. The Balaban J connectivity index is 1.22. The van der Waals surface area contributed by atoms with Crippen molar-refractivity contribution in [3.63, 3.8) is 0 Å². The Morgan fingerprint density at radius 2 is 1.12 bits per heavy atom. The van der Waals surface area contributed by atoms with Crippen LogP contribution in [-0.4, -0.2) is 4.40 Å². The van der Waals surface area contributed by atoms with E-state index in [2.05, 4.69) is 95.4 Å². The second-order valence-electron chi connectivity index (χ2n) is 16.6. The molecule has 240 valence electrons. The van der Waals surface area contributed by atoms with Crippen LogP contribution < -0.4 is 0 Å². The average Bonchev–Trinajstić information content (AvgIpc) is 3.71. The smallest absolute Gasteiger partial charge is 0.0995 e. The standard InChI is InChI=1S/C49H34N2/c50-23-28-20-39-48(42-27-14-12-26(13-15-27)41(28)42)47-34-19-17-25-7-5-6-24-16-18-33(45(34)40(24)25)46-37-21-35-36(22-38(37)51(39)49(46)47)44-31-10-3-1-8-29(31)43(35)30-9-2-4-11-32(30)44/h1-11,20-22,26-27,43-44H,12-19H2. The van der Waals surface area contributed by atoms with E-state index in [9.17, 15) is 5.26 Å². The summed E-state index contributed by atoms with van der Waals surface area (Å²) < 4.78 is 2.67. The Labute approximate surface area is 296 Å². The van der Waals surface area contributed by atoms with E-state index in [0.717, 1.165) is 31.2 Å². The van der Waals surface area contributed by atoms with Crippen molar-refractivity contribution in [1.29, 1.82) is 5.26 Å². The molecule has 4 bridgehead atoms. The fourth-order valence-electron chi connectivity index (χ4n) is 13.1. The van der Waals surface area contributed by atoms with Crippen molar-refractivity contribution in [1.82, 2.24) is 4.40 Å². The number of aromatic nitrogens is 1. The molecule has 2 aromatic heterocycles. The summed E-state index contributed by atoms with van der Waals surface area (Å²) in [7, 11) is 0. The van der Waals surface area contributed by atoms with Crippen molar-refractivity contribution in [2.24, 2.45) is 0 Å². The highest BCUT2D eigenvalue weighted by Gasteiger charge is 2.43. The largest absolute Gasteiger partial charge is 0.308 e. The van der Waals surface area contributed by atoms with Gasteiger partial charge in [-0.05, 0) is 159 Å². The summed E-state index contributed by atoms with van der Waals surface area (Å²) in [5.41, 5.74) is 26.2. The summed E-state index contributed by atoms with van der Waals surface area (Å²) in [4.78, 5) is 0. The molecule has 0 N–H and O–H groups in total. The van der Waals surface area contributed by atoms with Gasteiger partial charge in [0.1, 0.15) is 0 Å². The first-order valence-corrected chi connectivity index (χ1v) is 19.4. The summed E-state index contributed by atoms with van der Waals surface area (Å²) in [6.07, 6.45) is 9.41. The monoisotopic (exact) mass is 650 g/mol. The Bertz CT molecular complexity index is 2950. The summed E-state index contributed by atoms with van der Waals surface area (Å²) in [6, 6.07) is 35.9. The van der Waals surface area contributed by atoms with E-state index in [1.165, 1.54) is 103 Å². The van der Waals surface area contributed by atoms with Gasteiger partial charge >= 0.3 is 0 Å². The SMILES string of the molecule is N#Cc1cc2c(c3c1C1CCC3CC1)c1c3c4c(c5c6cc7c(cc6n2c51)C1c2ccccc2C7c2ccccc21)CCc1cccc(c1-4)CC3. The maximum Gasteiger partial charge on any atom is 0.0995 e. The Morgan fingerprint density at radius 1 is 0.529 bits per heavy atom. The molecule has 0 spiro atoms. The van der Waals surface area contributed by atoms with Crippen molar-refractivity contribution in [3.8, 4) is 17.2 Å². The van der Waals surface area contributed by atoms with Crippen molar-refractivity contribution in [2.75, 3.05) is 0 Å². The van der Waals surface area contributed by atoms with Gasteiger partial charge in [-0.1, -0.05) is 66.7 Å². The fourth-order valence-corrected chi connectivity index (χ4v) is 13.1. The number of rotatable bonds is 0. The first-order valence-electron chi connectivity index (χ1n) is 19.4. The Morgan fingerprint density at radius 3 is 1.75 bits per heavy atom. The number of nitriles is 1. The van der Waals surface area contributed by atoms with Gasteiger partial charge in [-0.2, -0.15) is 5.26 Å². The molecule has 2 heterocycles. The van der Waals surface area contributed by atoms with Crippen LogP contribution in [0.3, 0.4) is 0 Å². The summed E-state index contributed by atoms with van der Waals surface area (Å²) in [5.74, 6) is 1.58. The summed E-state index contributed by atoms with van der Waals surface area (Å²) >= 11 is 0. The highest BCUT2D eigenvalue weighted by atomic mass is 14.9. The zero-order chi connectivity index (χ0) is 32.9. The molecule has 1 saturated carbocycles. The molecule has 1 fully saturated rings. The molecule has 2 heteroatoms. The maximum atomic E-state index is 10.8. The summed E-state index contributed by atoms with van der Waals surface area (Å²) in [5, 5.41) is 16.7. The van der Waals surface area contributed by atoms with Crippen molar-refractivity contribution >= 4 is 38.1 Å². The fraction of sp³-hybridized carbons (Fsp3) is 0.245. The number of benzene rings is 6. The molecule has 0 aliphatic heterocycles. The second-order valence-corrected chi connectivity index (χ2v) is 16.6. The van der Waals surface area contributed by atoms with Gasteiger partial charge in [0.15, 0.2) is 0 Å². The number of fused-ring (bicyclic) bond motifs is 10. The zero-order valence-electron chi connectivity index (χ0n) is 28.4. The van der Waals surface area contributed by atoms with E-state index in [1.54, 1.807) is 38.9 Å². The lowest BCUT2D eigenvalue weighted by molar-refractivity contribution is 0.360.